The molecule has 1 aromatic carbocycles. The first-order valence-electron chi connectivity index (χ1n) is 9.72. The molecule has 28 heavy (non-hydrogen) atoms. The predicted molar refractivity (Wildman–Crippen MR) is 108 cm³/mol. The van der Waals surface area contributed by atoms with Gasteiger partial charge in [0.25, 0.3) is 0 Å². The number of hydrogen-bond donors (Lipinski definition) is 2. The Kier molecular flexibility index (Phi) is 5.14. The molecule has 2 aliphatic heterocycles. The molecule has 0 aliphatic carbocycles. The van der Waals surface area contributed by atoms with Gasteiger partial charge in [-0.2, -0.15) is 0 Å². The van der Waals surface area contributed by atoms with Crippen LogP contribution in [0, 0.1) is 6.92 Å². The van der Waals surface area contributed by atoms with Crippen LogP contribution in [0.1, 0.15) is 29.7 Å². The van der Waals surface area contributed by atoms with Gasteiger partial charge in [0.15, 0.2) is 0 Å². The molecule has 1 aromatic heterocycles. The lowest BCUT2D eigenvalue weighted by Crippen LogP contribution is -2.42. The number of aryl methyl sites for hydroxylation is 1. The van der Waals surface area contributed by atoms with Crippen LogP contribution >= 0.6 is 0 Å². The lowest BCUT2D eigenvalue weighted by atomic mass is 10.2. The van der Waals surface area contributed by atoms with Crippen LogP contribution in [0.25, 0.3) is 0 Å². The lowest BCUT2D eigenvalue weighted by molar-refractivity contribution is -0.116. The minimum absolute atomic E-state index is 0.0334. The van der Waals surface area contributed by atoms with Crippen molar-refractivity contribution in [1.29, 1.82) is 0 Å². The molecule has 0 saturated carbocycles. The van der Waals surface area contributed by atoms with Gasteiger partial charge in [0.2, 0.25) is 5.91 Å². The van der Waals surface area contributed by atoms with Gasteiger partial charge in [0.1, 0.15) is 12.4 Å². The maximum atomic E-state index is 12.8. The maximum Gasteiger partial charge on any atom is 0.318 e. The molecule has 4 rings (SSSR count). The van der Waals surface area contributed by atoms with Crippen molar-refractivity contribution in [2.24, 2.45) is 0 Å². The third-order valence-corrected chi connectivity index (χ3v) is 5.21. The highest BCUT2D eigenvalue weighted by atomic mass is 16.2. The van der Waals surface area contributed by atoms with Crippen molar-refractivity contribution < 1.29 is 9.59 Å². The zero-order valence-corrected chi connectivity index (χ0v) is 16.1. The molecule has 2 aromatic rings. The summed E-state index contributed by atoms with van der Waals surface area (Å²) < 4.78 is 0. The molecule has 2 N–H and O–H groups in total. The van der Waals surface area contributed by atoms with Gasteiger partial charge in [0, 0.05) is 36.6 Å². The van der Waals surface area contributed by atoms with Crippen molar-refractivity contribution in [2.75, 3.05) is 29.9 Å². The molecule has 0 atom stereocenters. The summed E-state index contributed by atoms with van der Waals surface area (Å²) in [6.07, 6.45) is 2.34. The van der Waals surface area contributed by atoms with Crippen LogP contribution in [-0.2, 0) is 17.9 Å². The second-order valence-electron chi connectivity index (χ2n) is 7.35. The third kappa shape index (κ3) is 3.93. The second kappa shape index (κ2) is 7.88. The molecular weight excluding hydrogens is 354 g/mol. The smallest absolute Gasteiger partial charge is 0.318 e. The second-order valence-corrected chi connectivity index (χ2v) is 7.35. The summed E-state index contributed by atoms with van der Waals surface area (Å²) in [5.74, 6) is 0.770. The molecule has 3 heterocycles. The number of nitrogens with one attached hydrogen (secondary N) is 2. The fourth-order valence-corrected chi connectivity index (χ4v) is 3.74. The fourth-order valence-electron chi connectivity index (χ4n) is 3.74. The van der Waals surface area contributed by atoms with E-state index in [2.05, 4.69) is 15.5 Å². The Bertz CT molecular complexity index is 892. The van der Waals surface area contributed by atoms with Gasteiger partial charge in [-0.25, -0.2) is 9.78 Å². The van der Waals surface area contributed by atoms with E-state index in [0.29, 0.717) is 13.1 Å². The zero-order chi connectivity index (χ0) is 19.5. The third-order valence-electron chi connectivity index (χ3n) is 5.21. The van der Waals surface area contributed by atoms with Crippen molar-refractivity contribution in [1.82, 2.24) is 15.2 Å². The largest absolute Gasteiger partial charge is 0.356 e. The Hall–Kier alpha value is -3.09. The Morgan fingerprint density at radius 3 is 2.75 bits per heavy atom. The minimum atomic E-state index is -0.250. The van der Waals surface area contributed by atoms with Crippen LogP contribution < -0.4 is 15.5 Å². The van der Waals surface area contributed by atoms with Crippen LogP contribution in [0.2, 0.25) is 0 Å². The molecule has 146 valence electrons. The van der Waals surface area contributed by atoms with E-state index in [0.717, 1.165) is 41.4 Å². The van der Waals surface area contributed by atoms with Gasteiger partial charge in [-0.05, 0) is 37.5 Å². The maximum absolute atomic E-state index is 12.8. The summed E-state index contributed by atoms with van der Waals surface area (Å²) in [6, 6.07) is 11.3. The number of hydrogen-bond acceptors (Lipinski definition) is 4. The summed E-state index contributed by atoms with van der Waals surface area (Å²) in [5, 5.41) is 5.83. The summed E-state index contributed by atoms with van der Waals surface area (Å²) in [7, 11) is 0. The normalized spacial score (nSPS) is 16.4. The van der Waals surface area contributed by atoms with E-state index in [1.807, 2.05) is 43.3 Å². The Morgan fingerprint density at radius 1 is 1.14 bits per heavy atom. The van der Waals surface area contributed by atoms with Crippen LogP contribution in [0.4, 0.5) is 16.3 Å². The van der Waals surface area contributed by atoms with Crippen molar-refractivity contribution in [2.45, 2.75) is 32.9 Å². The number of carbonyl (C=O) groups is 2. The monoisotopic (exact) mass is 379 g/mol. The number of carbonyl (C=O) groups excluding carboxylic acids is 2. The Balaban J connectivity index is 1.47. The number of fused-ring (bicyclic) bond motifs is 1. The topological polar surface area (TPSA) is 77.6 Å². The molecule has 1 saturated heterocycles. The number of amides is 3. The average Bonchev–Trinajstić information content (AvgIpc) is 3.16. The van der Waals surface area contributed by atoms with E-state index in [9.17, 15) is 9.59 Å². The standard InChI is InChI=1S/C21H25N5O2/c1-15-8-9-16(20(23-15)25-10-4-5-11-25)12-22-21(28)26-13-17-6-2-3-7-18(17)24-19(27)14-26/h2-3,6-9H,4-5,10-14H2,1H3,(H,22,28)(H,24,27). The number of urea groups is 1. The number of pyridine rings is 1. The molecule has 0 bridgehead atoms. The first-order chi connectivity index (χ1) is 13.6. The number of nitrogens with zero attached hydrogens (tertiary/aromatic N) is 3. The molecule has 0 unspecified atom stereocenters. The highest BCUT2D eigenvalue weighted by molar-refractivity contribution is 5.96. The van der Waals surface area contributed by atoms with Crippen LogP contribution in [0.5, 0.6) is 0 Å². The van der Waals surface area contributed by atoms with Gasteiger partial charge in [-0.3, -0.25) is 4.79 Å². The lowest BCUT2D eigenvalue weighted by Gasteiger charge is -2.23. The SMILES string of the molecule is Cc1ccc(CNC(=O)N2CC(=O)Nc3ccccc3C2)c(N2CCCC2)n1. The molecule has 0 radical (unpaired) electrons. The van der Waals surface area contributed by atoms with Crippen LogP contribution in [0.15, 0.2) is 36.4 Å². The average molecular weight is 379 g/mol. The van der Waals surface area contributed by atoms with E-state index in [-0.39, 0.29) is 18.5 Å². The van der Waals surface area contributed by atoms with E-state index < -0.39 is 0 Å². The highest BCUT2D eigenvalue weighted by Crippen LogP contribution is 2.23. The molecular formula is C21H25N5O2. The molecule has 7 nitrogen and oxygen atoms in total. The summed E-state index contributed by atoms with van der Waals surface area (Å²) >= 11 is 0. The van der Waals surface area contributed by atoms with Crippen molar-refractivity contribution in [3.8, 4) is 0 Å². The number of rotatable bonds is 3. The fraction of sp³-hybridized carbons (Fsp3) is 0.381. The molecule has 0 spiro atoms. The zero-order valence-electron chi connectivity index (χ0n) is 16.1. The Labute approximate surface area is 164 Å². The Morgan fingerprint density at radius 2 is 1.93 bits per heavy atom. The summed E-state index contributed by atoms with van der Waals surface area (Å²) in [5.41, 5.74) is 3.67. The number of para-hydroxylation sites is 1. The van der Waals surface area contributed by atoms with Crippen molar-refractivity contribution in [3.63, 3.8) is 0 Å². The number of anilines is 2. The molecule has 3 amide bonds. The first-order valence-corrected chi connectivity index (χ1v) is 9.72. The highest BCUT2D eigenvalue weighted by Gasteiger charge is 2.23. The summed E-state index contributed by atoms with van der Waals surface area (Å²) in [4.78, 5) is 33.5. The van der Waals surface area contributed by atoms with E-state index >= 15 is 0 Å². The van der Waals surface area contributed by atoms with Crippen molar-refractivity contribution in [3.05, 3.63) is 53.2 Å². The van der Waals surface area contributed by atoms with Gasteiger partial charge in [0.05, 0.1) is 6.54 Å². The van der Waals surface area contributed by atoms with E-state index in [4.69, 9.17) is 4.98 Å². The van der Waals surface area contributed by atoms with Crippen molar-refractivity contribution >= 4 is 23.4 Å². The predicted octanol–water partition coefficient (Wildman–Crippen LogP) is 2.65. The number of benzene rings is 1. The molecule has 1 fully saturated rings. The van der Waals surface area contributed by atoms with Gasteiger partial charge in [-0.1, -0.05) is 24.3 Å². The van der Waals surface area contributed by atoms with Gasteiger partial charge in [-0.15, -0.1) is 0 Å². The van der Waals surface area contributed by atoms with Gasteiger partial charge >= 0.3 is 6.03 Å². The summed E-state index contributed by atoms with van der Waals surface area (Å²) in [6.45, 7) is 4.80. The van der Waals surface area contributed by atoms with Crippen LogP contribution in [0.3, 0.4) is 0 Å². The van der Waals surface area contributed by atoms with E-state index in [1.54, 1.807) is 0 Å². The minimum Gasteiger partial charge on any atom is -0.356 e. The quantitative estimate of drug-likeness (QED) is 0.860. The van der Waals surface area contributed by atoms with E-state index in [1.165, 1.54) is 17.7 Å². The molecule has 7 heteroatoms. The van der Waals surface area contributed by atoms with Crippen LogP contribution in [-0.4, -0.2) is 41.5 Å². The number of aromatic nitrogens is 1. The molecule has 2 aliphatic rings. The van der Waals surface area contributed by atoms with Gasteiger partial charge < -0.3 is 20.4 Å². The first kappa shape index (κ1) is 18.3.